The fourth-order valence-electron chi connectivity index (χ4n) is 13.5. The summed E-state index contributed by atoms with van der Waals surface area (Å²) in [7, 11) is 0. The van der Waals surface area contributed by atoms with E-state index in [9.17, 15) is 38.8 Å². The number of carbonyl (C=O) groups excluding carboxylic acids is 6. The van der Waals surface area contributed by atoms with Gasteiger partial charge in [-0.05, 0) is 185 Å². The van der Waals surface area contributed by atoms with Crippen LogP contribution in [0.4, 0.5) is 0 Å². The maximum atomic E-state index is 13.6. The van der Waals surface area contributed by atoms with Gasteiger partial charge in [-0.2, -0.15) is 10.5 Å². The highest BCUT2D eigenvalue weighted by Crippen LogP contribution is 2.32. The lowest BCUT2D eigenvalue weighted by molar-refractivity contribution is -0.154. The molecule has 730 valence electrons. The summed E-state index contributed by atoms with van der Waals surface area (Å²) in [5.74, 6) is -1.92. The molecule has 0 fully saturated rings. The Morgan fingerprint density at radius 1 is 0.360 bits per heavy atom. The molecule has 0 bridgehead atoms. The van der Waals surface area contributed by atoms with Crippen LogP contribution in [0.15, 0.2) is 316 Å². The molecule has 1 aromatic heterocycles. The molecular weight excluding hydrogens is 1700 g/mol. The monoisotopic (exact) mass is 1850 g/mol. The first-order valence-electron chi connectivity index (χ1n) is 49.0. The number of allylic oxidation sites excluding steroid dienone is 33. The Hall–Kier alpha value is -13.0. The van der Waals surface area contributed by atoms with Crippen molar-refractivity contribution in [2.24, 2.45) is 11.8 Å². The van der Waals surface area contributed by atoms with E-state index in [4.69, 9.17) is 24.1 Å². The van der Waals surface area contributed by atoms with Crippen molar-refractivity contribution >= 4 is 41.7 Å². The predicted octanol–water partition coefficient (Wildman–Crippen LogP) is 28.1. The average molecular weight is 1850 g/mol. The van der Waals surface area contributed by atoms with Crippen LogP contribution in [-0.4, -0.2) is 116 Å². The molecule has 2 atom stereocenters. The highest BCUT2D eigenvalue weighted by atomic mass is 16.6. The SMILES string of the molecule is CC/C=C\C/C=C\C/C=C\C/C=C\C/C=C\C/C=C\CC(=O)O.CC/C=C\C/C=C\C/C=C\C/C=C\C/C=C\C/C=C\CC(=O)OCCOC(=O)CC(C(C)C)N(Cc1ccc(-c2ccccc2-c2nn[nH]n2)cc1)C(=O)CCCC.CC/C=C\C/C=C\C/C=C\C/C=C\C/C=C\C/C=C\CC(=O)OCCOC(=O)CC(C(C)C)N(Cc1ccc(-c2ccccc2C#N)cc1)C(=O)CCCC. The standard InChI is InChI=1S/C48H63N5O5.C48H62N2O5.C21H30O2/c1-5-7-9-10-11-12-13-14-15-16-17-18-19-20-21-22-23-24-30-46(55)57-35-36-58-47(56)37-44(39(3)4)53(45(54)29-8-6-2)38-40-31-33-41(34-32-40)42-27-25-26-28-43(42)48-49-51-52-50-48;1-5-7-9-10-11-12-13-14-15-16-17-18-19-20-21-22-23-24-30-47(52)54-35-36-55-48(53)37-45(40(3)4)50(46(51)29-8-6-2)39-41-31-33-42(34-32-41)44-28-26-25-27-43(44)38-49;1-2-3-4-5-6-7-8-9-10-11-12-13-14-15-16-17-18-19-20-21(22)23/h7,9,11-12,14-15,17-18,20-21,23-28,31-34,39,44H,5-6,8,10,13,16,19,22,29-30,35-38H2,1-4H3,(H,49,50,51,52);7,9,11-12,14-15,17-18,20-21,23-28,31-34,40,45H,5-6,8,10,13,16,19,22,29-30,35-37,39H2,1-4H3;3-4,6-7,9-10,12-13,15-16,18-19H,2,5,8,11,14,17,20H2,1H3,(H,22,23)/b2*9-7-,12-11-,15-14-,18-17-,21-20-,24-23-;4-3-,7-6-,10-9-,13-12-,16-15-,19-18-. The number of tetrazole rings is 1. The second kappa shape index (κ2) is 80.5. The number of unbranched alkanes of at least 4 members (excludes halogenated alkanes) is 2. The average Bonchev–Trinajstić information content (AvgIpc) is 1.38. The van der Waals surface area contributed by atoms with Crippen LogP contribution in [0.1, 0.15) is 265 Å². The zero-order valence-electron chi connectivity index (χ0n) is 82.7. The Balaban J connectivity index is 0.000000571. The van der Waals surface area contributed by atoms with Gasteiger partial charge in [0, 0.05) is 43.6 Å². The molecule has 2 N–H and O–H groups in total. The second-order valence-electron chi connectivity index (χ2n) is 32.7. The highest BCUT2D eigenvalue weighted by Gasteiger charge is 2.31. The summed E-state index contributed by atoms with van der Waals surface area (Å²) >= 11 is 0. The van der Waals surface area contributed by atoms with Crippen LogP contribution in [0, 0.1) is 23.2 Å². The van der Waals surface area contributed by atoms with E-state index >= 15 is 0 Å². The molecular formula is C117H155N7O12. The first-order valence-corrected chi connectivity index (χ1v) is 49.0. The van der Waals surface area contributed by atoms with Gasteiger partial charge < -0.3 is 33.9 Å². The first kappa shape index (κ1) is 117. The molecule has 1 heterocycles. The van der Waals surface area contributed by atoms with Crippen molar-refractivity contribution in [2.45, 2.75) is 274 Å². The van der Waals surface area contributed by atoms with E-state index < -0.39 is 17.9 Å². The third-order valence-electron chi connectivity index (χ3n) is 20.9. The van der Waals surface area contributed by atoms with Gasteiger partial charge in [-0.3, -0.25) is 33.6 Å². The van der Waals surface area contributed by atoms with E-state index in [0.29, 0.717) is 37.3 Å². The number of nitrogens with zero attached hydrogens (tertiary/aromatic N) is 6. The number of nitriles is 1. The number of hydrogen-bond acceptors (Lipinski definition) is 15. The highest BCUT2D eigenvalue weighted by molar-refractivity contribution is 5.82. The lowest BCUT2D eigenvalue weighted by Gasteiger charge is -2.34. The lowest BCUT2D eigenvalue weighted by Crippen LogP contribution is -2.44. The normalized spacial score (nSPS) is 12.7. The maximum absolute atomic E-state index is 13.6. The Morgan fingerprint density at radius 3 is 0.926 bits per heavy atom. The van der Waals surface area contributed by atoms with Crippen molar-refractivity contribution in [3.8, 4) is 39.7 Å². The minimum Gasteiger partial charge on any atom is -0.481 e. The molecule has 0 spiro atoms. The van der Waals surface area contributed by atoms with E-state index in [0.717, 1.165) is 180 Å². The number of aliphatic carboxylic acids is 1. The van der Waals surface area contributed by atoms with Crippen LogP contribution in [0.2, 0.25) is 0 Å². The number of benzene rings is 4. The van der Waals surface area contributed by atoms with Crippen molar-refractivity contribution in [2.75, 3.05) is 26.4 Å². The number of carboxylic acids is 1. The van der Waals surface area contributed by atoms with E-state index in [1.807, 2.05) is 149 Å². The summed E-state index contributed by atoms with van der Waals surface area (Å²) in [6.45, 7) is 19.1. The molecule has 5 aromatic rings. The molecule has 0 saturated carbocycles. The number of H-pyrrole nitrogens is 1. The summed E-state index contributed by atoms with van der Waals surface area (Å²) in [5.41, 5.74) is 7.07. The molecule has 0 aliphatic heterocycles. The van der Waals surface area contributed by atoms with Crippen LogP contribution in [0.5, 0.6) is 0 Å². The topological polar surface area (TPSA) is 261 Å². The summed E-state index contributed by atoms with van der Waals surface area (Å²) in [5, 5.41) is 32.5. The second-order valence-corrected chi connectivity index (χ2v) is 32.7. The Morgan fingerprint density at radius 2 is 0.640 bits per heavy atom. The van der Waals surface area contributed by atoms with Gasteiger partial charge in [0.2, 0.25) is 17.6 Å². The van der Waals surface area contributed by atoms with Crippen LogP contribution in [0.25, 0.3) is 33.6 Å². The van der Waals surface area contributed by atoms with E-state index in [1.54, 1.807) is 29.2 Å². The third-order valence-corrected chi connectivity index (χ3v) is 20.9. The minimum atomic E-state index is -0.787. The Kier molecular flexibility index (Phi) is 69.4. The number of carboxylic acid groups (broad SMARTS) is 1. The number of hydrogen-bond donors (Lipinski definition) is 2. The number of aromatic nitrogens is 4. The lowest BCUT2D eigenvalue weighted by atomic mass is 9.96. The Bertz CT molecular complexity index is 4760. The van der Waals surface area contributed by atoms with Gasteiger partial charge in [0.1, 0.15) is 26.4 Å². The predicted molar refractivity (Wildman–Crippen MR) is 558 cm³/mol. The molecule has 5 rings (SSSR count). The molecule has 136 heavy (non-hydrogen) atoms. The van der Waals surface area contributed by atoms with Gasteiger partial charge in [0.05, 0.1) is 43.7 Å². The third kappa shape index (κ3) is 58.9. The number of ether oxygens (including phenoxy) is 4. The largest absolute Gasteiger partial charge is 0.481 e. The smallest absolute Gasteiger partial charge is 0.309 e. The maximum Gasteiger partial charge on any atom is 0.309 e. The van der Waals surface area contributed by atoms with Crippen LogP contribution >= 0.6 is 0 Å². The molecule has 19 heteroatoms. The minimum absolute atomic E-state index is 0.000807. The number of aromatic amines is 1. The van der Waals surface area contributed by atoms with Gasteiger partial charge in [0.25, 0.3) is 0 Å². The van der Waals surface area contributed by atoms with Crippen molar-refractivity contribution in [3.05, 3.63) is 332 Å². The molecule has 0 aliphatic carbocycles. The number of nitrogens with one attached hydrogen (secondary N) is 1. The molecule has 19 nitrogen and oxygen atoms in total. The zero-order valence-corrected chi connectivity index (χ0v) is 82.7. The molecule has 2 amide bonds. The number of amides is 2. The van der Waals surface area contributed by atoms with E-state index in [2.05, 4.69) is 237 Å². The van der Waals surface area contributed by atoms with Crippen molar-refractivity contribution < 1.29 is 57.6 Å². The quantitative estimate of drug-likeness (QED) is 0.0159. The molecule has 4 aromatic carbocycles. The first-order chi connectivity index (χ1) is 66.4. The molecule has 0 saturated heterocycles. The van der Waals surface area contributed by atoms with Crippen LogP contribution < -0.4 is 0 Å². The summed E-state index contributed by atoms with van der Waals surface area (Å²) in [6, 6.07) is 32.7. The number of carbonyl (C=O) groups is 7. The van der Waals surface area contributed by atoms with E-state index in [-0.39, 0.29) is 106 Å². The van der Waals surface area contributed by atoms with Crippen molar-refractivity contribution in [3.63, 3.8) is 0 Å². The van der Waals surface area contributed by atoms with E-state index in [1.165, 1.54) is 0 Å². The zero-order chi connectivity index (χ0) is 98.6. The van der Waals surface area contributed by atoms with Gasteiger partial charge in [0.15, 0.2) is 0 Å². The van der Waals surface area contributed by atoms with Crippen molar-refractivity contribution in [1.82, 2.24) is 30.4 Å². The molecule has 0 radical (unpaired) electrons. The summed E-state index contributed by atoms with van der Waals surface area (Å²) in [4.78, 5) is 91.3. The van der Waals surface area contributed by atoms with Gasteiger partial charge in [-0.25, -0.2) is 0 Å². The molecule has 2 unspecified atom stereocenters. The number of esters is 4. The van der Waals surface area contributed by atoms with Gasteiger partial charge in [-0.15, -0.1) is 10.2 Å². The molecule has 0 aliphatic rings. The van der Waals surface area contributed by atoms with Crippen LogP contribution in [-0.2, 0) is 65.6 Å². The van der Waals surface area contributed by atoms with Crippen molar-refractivity contribution in [1.29, 1.82) is 5.26 Å². The number of rotatable bonds is 66. The van der Waals surface area contributed by atoms with Crippen LogP contribution in [0.3, 0.4) is 0 Å². The Labute approximate surface area is 814 Å². The fourth-order valence-corrected chi connectivity index (χ4v) is 13.5. The van der Waals surface area contributed by atoms with Gasteiger partial charge in [-0.1, -0.05) is 385 Å². The van der Waals surface area contributed by atoms with Gasteiger partial charge >= 0.3 is 29.8 Å². The summed E-state index contributed by atoms with van der Waals surface area (Å²) < 4.78 is 21.4. The summed E-state index contributed by atoms with van der Waals surface area (Å²) in [6.07, 6.45) is 97.3. The fraction of sp³-hybridized carbons (Fsp3) is 0.410.